The van der Waals surface area contributed by atoms with Gasteiger partial charge in [-0.2, -0.15) is 4.36 Å². The average Bonchev–Trinajstić information content (AvgIpc) is 2.54. The Morgan fingerprint density at radius 1 is 1.04 bits per heavy atom. The zero-order chi connectivity index (χ0) is 16.4. The van der Waals surface area contributed by atoms with Crippen molar-refractivity contribution >= 4 is 27.1 Å². The van der Waals surface area contributed by atoms with Gasteiger partial charge < -0.3 is 14.8 Å². The lowest BCUT2D eigenvalue weighted by molar-refractivity contribution is 0.354. The summed E-state index contributed by atoms with van der Waals surface area (Å²) in [7, 11) is 0.461. The number of hydrogen-bond donors (Lipinski definition) is 1. The van der Waals surface area contributed by atoms with Crippen LogP contribution in [0.5, 0.6) is 11.5 Å². The number of aliphatic imine (C=N–C) groups is 1. The van der Waals surface area contributed by atoms with Gasteiger partial charge in [0.25, 0.3) is 0 Å². The van der Waals surface area contributed by atoms with Crippen molar-refractivity contribution in [2.75, 3.05) is 25.8 Å². The summed E-state index contributed by atoms with van der Waals surface area (Å²) < 4.78 is 27.7. The summed E-state index contributed by atoms with van der Waals surface area (Å²) in [6, 6.07) is 12.9. The van der Waals surface area contributed by atoms with E-state index >= 15 is 0 Å². The lowest BCUT2D eigenvalue weighted by atomic mass is 10.2. The molecule has 23 heavy (non-hydrogen) atoms. The smallest absolute Gasteiger partial charge is 0.236 e. The molecule has 0 bridgehead atoms. The van der Waals surface area contributed by atoms with Crippen LogP contribution in [0.15, 0.2) is 56.7 Å². The van der Waals surface area contributed by atoms with E-state index in [2.05, 4.69) is 14.7 Å². The zero-order valence-electron chi connectivity index (χ0n) is 13.1. The number of ether oxygens (including phenoxy) is 2. The van der Waals surface area contributed by atoms with Gasteiger partial charge in [0.1, 0.15) is 0 Å². The van der Waals surface area contributed by atoms with Crippen molar-refractivity contribution in [2.24, 2.45) is 9.36 Å². The molecule has 0 aliphatic carbocycles. The van der Waals surface area contributed by atoms with Crippen LogP contribution in [0, 0.1) is 0 Å². The van der Waals surface area contributed by atoms with E-state index in [4.69, 9.17) is 9.47 Å². The van der Waals surface area contributed by atoms with Crippen LogP contribution in [0.1, 0.15) is 0 Å². The normalized spacial score (nSPS) is 19.2. The molecule has 7 heteroatoms. The summed E-state index contributed by atoms with van der Waals surface area (Å²) >= 11 is 0. The van der Waals surface area contributed by atoms with Crippen LogP contribution >= 0.6 is 0 Å². The number of methoxy groups -OCH3 is 2. The Morgan fingerprint density at radius 2 is 1.70 bits per heavy atom. The van der Waals surface area contributed by atoms with Gasteiger partial charge in [0, 0.05) is 24.1 Å². The van der Waals surface area contributed by atoms with Crippen LogP contribution in [-0.4, -0.2) is 30.6 Å². The molecule has 1 aliphatic heterocycles. The fourth-order valence-corrected chi connectivity index (χ4v) is 3.62. The Balaban J connectivity index is 2.09. The van der Waals surface area contributed by atoms with Gasteiger partial charge in [-0.15, -0.1) is 0 Å². The van der Waals surface area contributed by atoms with Crippen molar-refractivity contribution in [1.29, 1.82) is 0 Å². The van der Waals surface area contributed by atoms with Crippen molar-refractivity contribution in [3.05, 3.63) is 42.5 Å². The van der Waals surface area contributed by atoms with E-state index < -0.39 is 9.73 Å². The van der Waals surface area contributed by atoms with E-state index in [0.29, 0.717) is 28.0 Å². The highest BCUT2D eigenvalue weighted by Gasteiger charge is 2.22. The van der Waals surface area contributed by atoms with Crippen LogP contribution in [0.4, 0.5) is 11.4 Å². The van der Waals surface area contributed by atoms with E-state index in [1.807, 2.05) is 30.3 Å². The SMILES string of the molecule is COc1cc2c(cc1OC)S(C)(=O)=NC(Nc1ccccc1)=N2. The monoisotopic (exact) mass is 331 g/mol. The average molecular weight is 331 g/mol. The number of para-hydroxylation sites is 1. The molecular weight excluding hydrogens is 314 g/mol. The third-order valence-electron chi connectivity index (χ3n) is 3.39. The molecule has 3 rings (SSSR count). The third kappa shape index (κ3) is 3.00. The molecule has 0 radical (unpaired) electrons. The summed E-state index contributed by atoms with van der Waals surface area (Å²) in [6.45, 7) is 0. The van der Waals surface area contributed by atoms with E-state index in [-0.39, 0.29) is 0 Å². The quantitative estimate of drug-likeness (QED) is 0.937. The highest BCUT2D eigenvalue weighted by Crippen LogP contribution is 2.39. The maximum absolute atomic E-state index is 12.9. The van der Waals surface area contributed by atoms with E-state index in [1.54, 1.807) is 25.5 Å². The van der Waals surface area contributed by atoms with Gasteiger partial charge in [-0.05, 0) is 12.1 Å². The predicted molar refractivity (Wildman–Crippen MR) is 91.5 cm³/mol. The zero-order valence-corrected chi connectivity index (χ0v) is 13.9. The minimum absolute atomic E-state index is 0.309. The first-order chi connectivity index (χ1) is 11.0. The molecule has 1 aliphatic rings. The van der Waals surface area contributed by atoms with Crippen molar-refractivity contribution in [3.63, 3.8) is 0 Å². The number of nitrogens with one attached hydrogen (secondary N) is 1. The lowest BCUT2D eigenvalue weighted by Crippen LogP contribution is -2.16. The Hall–Kier alpha value is -2.54. The Bertz CT molecular complexity index is 885. The first-order valence-corrected chi connectivity index (χ1v) is 8.85. The molecule has 0 amide bonds. The number of benzene rings is 2. The van der Waals surface area contributed by atoms with Gasteiger partial charge in [-0.3, -0.25) is 0 Å². The molecule has 120 valence electrons. The molecule has 0 fully saturated rings. The molecule has 0 aromatic heterocycles. The topological polar surface area (TPSA) is 72.3 Å². The Labute approximate surface area is 135 Å². The number of guanidine groups is 1. The van der Waals surface area contributed by atoms with Crippen molar-refractivity contribution in [3.8, 4) is 11.5 Å². The highest BCUT2D eigenvalue weighted by molar-refractivity contribution is 7.93. The molecular formula is C16H17N3O3S. The second-order valence-electron chi connectivity index (χ2n) is 5.00. The molecule has 1 heterocycles. The minimum atomic E-state index is -2.62. The summed E-state index contributed by atoms with van der Waals surface area (Å²) in [4.78, 5) is 4.98. The molecule has 0 spiro atoms. The first kappa shape index (κ1) is 15.4. The highest BCUT2D eigenvalue weighted by atomic mass is 32.2. The first-order valence-electron chi connectivity index (χ1n) is 6.92. The van der Waals surface area contributed by atoms with Crippen LogP contribution in [-0.2, 0) is 9.73 Å². The predicted octanol–water partition coefficient (Wildman–Crippen LogP) is 3.27. The van der Waals surface area contributed by atoms with Gasteiger partial charge in [0.15, 0.2) is 11.5 Å². The Kier molecular flexibility index (Phi) is 3.96. The van der Waals surface area contributed by atoms with Gasteiger partial charge in [-0.25, -0.2) is 9.20 Å². The van der Waals surface area contributed by atoms with Gasteiger partial charge >= 0.3 is 0 Å². The van der Waals surface area contributed by atoms with Crippen molar-refractivity contribution in [2.45, 2.75) is 4.90 Å². The van der Waals surface area contributed by atoms with Crippen LogP contribution in [0.2, 0.25) is 0 Å². The summed E-state index contributed by atoms with van der Waals surface area (Å²) in [5.74, 6) is 1.35. The molecule has 0 saturated carbocycles. The molecule has 1 unspecified atom stereocenters. The number of fused-ring (bicyclic) bond motifs is 1. The van der Waals surface area contributed by atoms with Crippen molar-refractivity contribution < 1.29 is 13.7 Å². The largest absolute Gasteiger partial charge is 0.493 e. The number of rotatable bonds is 3. The van der Waals surface area contributed by atoms with E-state index in [0.717, 1.165) is 5.69 Å². The summed E-state index contributed by atoms with van der Waals surface area (Å²) in [6.07, 6.45) is 1.58. The van der Waals surface area contributed by atoms with Gasteiger partial charge in [-0.1, -0.05) is 18.2 Å². The lowest BCUT2D eigenvalue weighted by Gasteiger charge is -2.18. The number of nitrogens with zero attached hydrogens (tertiary/aromatic N) is 2. The second-order valence-corrected chi connectivity index (χ2v) is 7.22. The maximum Gasteiger partial charge on any atom is 0.236 e. The summed E-state index contributed by atoms with van der Waals surface area (Å²) in [5, 5.41) is 3.08. The standard InChI is InChI=1S/C16H17N3O3S/c1-21-13-9-12-15(10-14(13)22-2)23(3,20)19-16(18-12)17-11-7-5-4-6-8-11/h4-10H,1-3H3,(H,17,18,19,20). The van der Waals surface area contributed by atoms with Gasteiger partial charge in [0.2, 0.25) is 5.96 Å². The maximum atomic E-state index is 12.9. The number of hydrogen-bond acceptors (Lipinski definition) is 6. The van der Waals surface area contributed by atoms with Crippen LogP contribution in [0.3, 0.4) is 0 Å². The fraction of sp³-hybridized carbons (Fsp3) is 0.188. The molecule has 1 atom stereocenters. The third-order valence-corrected chi connectivity index (χ3v) is 5.05. The summed E-state index contributed by atoms with van der Waals surface area (Å²) in [5.41, 5.74) is 1.39. The minimum Gasteiger partial charge on any atom is -0.493 e. The Morgan fingerprint density at radius 3 is 2.35 bits per heavy atom. The molecule has 0 saturated heterocycles. The van der Waals surface area contributed by atoms with Crippen molar-refractivity contribution in [1.82, 2.24) is 0 Å². The van der Waals surface area contributed by atoms with Crippen LogP contribution in [0.25, 0.3) is 0 Å². The van der Waals surface area contributed by atoms with E-state index in [1.165, 1.54) is 7.11 Å². The molecule has 2 aromatic rings. The molecule has 1 N–H and O–H groups in total. The van der Waals surface area contributed by atoms with E-state index in [9.17, 15) is 4.21 Å². The molecule has 2 aromatic carbocycles. The van der Waals surface area contributed by atoms with Crippen LogP contribution < -0.4 is 14.8 Å². The van der Waals surface area contributed by atoms with Gasteiger partial charge in [0.05, 0.1) is 34.5 Å². The second kappa shape index (κ2) is 5.92. The fourth-order valence-electron chi connectivity index (χ4n) is 2.29. The molecule has 6 nitrogen and oxygen atoms in total. The number of anilines is 1.